The van der Waals surface area contributed by atoms with Gasteiger partial charge in [-0.1, -0.05) is 112 Å². The number of aryl methyl sites for hydroxylation is 1. The number of carbonyl (C=O) groups is 2. The molecule has 6 rings (SSSR count). The number of nitrogens with zero attached hydrogens (tertiary/aromatic N) is 2. The minimum atomic E-state index is -0.809. The Hall–Kier alpha value is -4.55. The molecule has 0 spiro atoms. The molecule has 6 heteroatoms. The maximum Gasteiger partial charge on any atom is 0.294 e. The molecule has 1 amide bonds. The van der Waals surface area contributed by atoms with Crippen LogP contribution in [0.2, 0.25) is 0 Å². The second kappa shape index (κ2) is 10.1. The standard InChI is InChI=1S/C35H30N2O3S/c1-21-32(41-33(36-21)24-12-6-5-7-13-24)30(38)28-29(23-17-19-25(20-18-23)35(2,3)4)37(34(40)31(28)39)27-16-10-14-22-11-8-9-15-26(22)27/h5-20,29,39H,1-4H3. The number of rotatable bonds is 5. The van der Waals surface area contributed by atoms with Gasteiger partial charge in [0.2, 0.25) is 5.78 Å². The lowest BCUT2D eigenvalue weighted by atomic mass is 9.85. The predicted molar refractivity (Wildman–Crippen MR) is 166 cm³/mol. The summed E-state index contributed by atoms with van der Waals surface area (Å²) >= 11 is 1.28. The van der Waals surface area contributed by atoms with E-state index >= 15 is 0 Å². The van der Waals surface area contributed by atoms with E-state index in [1.807, 2.05) is 97.1 Å². The molecular weight excluding hydrogens is 528 g/mol. The monoisotopic (exact) mass is 558 g/mol. The number of hydrogen-bond donors (Lipinski definition) is 1. The molecule has 1 N–H and O–H groups in total. The largest absolute Gasteiger partial charge is 0.503 e. The van der Waals surface area contributed by atoms with Crippen LogP contribution in [0.25, 0.3) is 21.3 Å². The van der Waals surface area contributed by atoms with Gasteiger partial charge in [0.05, 0.1) is 27.9 Å². The fraction of sp³-hybridized carbons (Fsp3) is 0.171. The molecule has 4 aromatic carbocycles. The highest BCUT2D eigenvalue weighted by atomic mass is 32.1. The van der Waals surface area contributed by atoms with Gasteiger partial charge in [-0.15, -0.1) is 11.3 Å². The molecule has 2 heterocycles. The molecule has 1 aliphatic rings. The molecule has 1 aliphatic heterocycles. The van der Waals surface area contributed by atoms with E-state index in [9.17, 15) is 14.7 Å². The summed E-state index contributed by atoms with van der Waals surface area (Å²) in [6, 6.07) is 30.4. The lowest BCUT2D eigenvalue weighted by Crippen LogP contribution is -2.31. The van der Waals surface area contributed by atoms with E-state index in [1.54, 1.807) is 11.8 Å². The number of Topliss-reactive ketones (excluding diaryl/α,β-unsaturated/α-hetero) is 1. The van der Waals surface area contributed by atoms with Crippen LogP contribution in [-0.4, -0.2) is 21.8 Å². The van der Waals surface area contributed by atoms with Crippen molar-refractivity contribution < 1.29 is 14.7 Å². The average molecular weight is 559 g/mol. The zero-order valence-electron chi connectivity index (χ0n) is 23.4. The van der Waals surface area contributed by atoms with Crippen LogP contribution < -0.4 is 4.90 Å². The number of aromatic nitrogens is 1. The summed E-state index contributed by atoms with van der Waals surface area (Å²) in [6.45, 7) is 8.21. The third-order valence-electron chi connectivity index (χ3n) is 7.59. The van der Waals surface area contributed by atoms with E-state index in [4.69, 9.17) is 0 Å². The molecule has 0 fully saturated rings. The molecule has 0 radical (unpaired) electrons. The van der Waals surface area contributed by atoms with Gasteiger partial charge in [-0.3, -0.25) is 14.5 Å². The Balaban J connectivity index is 1.51. The first-order valence-corrected chi connectivity index (χ1v) is 14.4. The van der Waals surface area contributed by atoms with Crippen LogP contribution in [0.3, 0.4) is 0 Å². The van der Waals surface area contributed by atoms with Crippen LogP contribution >= 0.6 is 11.3 Å². The molecular formula is C35H30N2O3S. The van der Waals surface area contributed by atoms with Crippen molar-refractivity contribution >= 4 is 39.5 Å². The fourth-order valence-electron chi connectivity index (χ4n) is 5.42. The average Bonchev–Trinajstić information content (AvgIpc) is 3.49. The summed E-state index contributed by atoms with van der Waals surface area (Å²) < 4.78 is 0. The third-order valence-corrected chi connectivity index (χ3v) is 8.80. The van der Waals surface area contributed by atoms with Crippen molar-refractivity contribution in [3.05, 3.63) is 130 Å². The quantitative estimate of drug-likeness (QED) is 0.220. The molecule has 0 saturated heterocycles. The Morgan fingerprint density at radius 3 is 2.24 bits per heavy atom. The molecule has 0 bridgehead atoms. The number of aliphatic hydroxyl groups is 1. The molecule has 41 heavy (non-hydrogen) atoms. The number of aliphatic hydroxyl groups excluding tert-OH is 1. The van der Waals surface area contributed by atoms with Crippen LogP contribution in [0, 0.1) is 6.92 Å². The maximum absolute atomic E-state index is 14.3. The molecule has 1 atom stereocenters. The number of anilines is 1. The van der Waals surface area contributed by atoms with Gasteiger partial charge < -0.3 is 5.11 Å². The Bertz CT molecular complexity index is 1820. The van der Waals surface area contributed by atoms with Gasteiger partial charge in [0, 0.05) is 10.9 Å². The van der Waals surface area contributed by atoms with Gasteiger partial charge in [-0.25, -0.2) is 4.98 Å². The van der Waals surface area contributed by atoms with Gasteiger partial charge in [0.1, 0.15) is 5.01 Å². The number of thiazole rings is 1. The summed E-state index contributed by atoms with van der Waals surface area (Å²) in [5.74, 6) is -1.51. The van der Waals surface area contributed by atoms with E-state index in [2.05, 4.69) is 25.8 Å². The summed E-state index contributed by atoms with van der Waals surface area (Å²) in [4.78, 5) is 34.8. The van der Waals surface area contributed by atoms with Gasteiger partial charge >= 0.3 is 0 Å². The molecule has 5 nitrogen and oxygen atoms in total. The summed E-state index contributed by atoms with van der Waals surface area (Å²) in [7, 11) is 0. The van der Waals surface area contributed by atoms with E-state index in [0.29, 0.717) is 21.3 Å². The second-order valence-corrected chi connectivity index (χ2v) is 12.3. The predicted octanol–water partition coefficient (Wildman–Crippen LogP) is 8.35. The number of amides is 1. The minimum absolute atomic E-state index is 0.0659. The molecule has 1 unspecified atom stereocenters. The van der Waals surface area contributed by atoms with Crippen molar-refractivity contribution in [2.75, 3.05) is 4.90 Å². The molecule has 0 aliphatic carbocycles. The summed E-state index contributed by atoms with van der Waals surface area (Å²) in [6.07, 6.45) is 0. The highest BCUT2D eigenvalue weighted by Crippen LogP contribution is 2.45. The van der Waals surface area contributed by atoms with Crippen molar-refractivity contribution in [2.45, 2.75) is 39.2 Å². The third kappa shape index (κ3) is 4.64. The first-order chi connectivity index (χ1) is 19.6. The van der Waals surface area contributed by atoms with E-state index < -0.39 is 17.7 Å². The van der Waals surface area contributed by atoms with Crippen LogP contribution in [0.5, 0.6) is 0 Å². The van der Waals surface area contributed by atoms with Gasteiger partial charge in [-0.05, 0) is 34.9 Å². The summed E-state index contributed by atoms with van der Waals surface area (Å²) in [5.41, 5.74) is 4.00. The first kappa shape index (κ1) is 26.7. The normalized spacial score (nSPS) is 15.7. The van der Waals surface area contributed by atoms with Gasteiger partial charge in [0.25, 0.3) is 5.91 Å². The van der Waals surface area contributed by atoms with Crippen LogP contribution in [0.1, 0.15) is 53.3 Å². The number of fused-ring (bicyclic) bond motifs is 1. The van der Waals surface area contributed by atoms with Crippen molar-refractivity contribution in [1.29, 1.82) is 0 Å². The number of carbonyl (C=O) groups excluding carboxylic acids is 2. The Labute approximate surface area is 243 Å². The smallest absolute Gasteiger partial charge is 0.294 e. The van der Waals surface area contributed by atoms with Crippen molar-refractivity contribution in [1.82, 2.24) is 4.98 Å². The SMILES string of the molecule is Cc1nc(-c2ccccc2)sc1C(=O)C1=C(O)C(=O)N(c2cccc3ccccc23)C1c1ccc(C(C)(C)C)cc1. The zero-order chi connectivity index (χ0) is 28.9. The highest BCUT2D eigenvalue weighted by Gasteiger charge is 2.45. The Morgan fingerprint density at radius 2 is 1.54 bits per heavy atom. The number of hydrogen-bond acceptors (Lipinski definition) is 5. The van der Waals surface area contributed by atoms with Crippen LogP contribution in [0.4, 0.5) is 5.69 Å². The fourth-order valence-corrected chi connectivity index (χ4v) is 6.44. The van der Waals surface area contributed by atoms with E-state index in [0.717, 1.165) is 27.5 Å². The van der Waals surface area contributed by atoms with Gasteiger partial charge in [-0.2, -0.15) is 0 Å². The molecule has 204 valence electrons. The minimum Gasteiger partial charge on any atom is -0.503 e. The first-order valence-electron chi connectivity index (χ1n) is 13.6. The number of ketones is 1. The lowest BCUT2D eigenvalue weighted by molar-refractivity contribution is -0.117. The number of benzene rings is 4. The van der Waals surface area contributed by atoms with Crippen molar-refractivity contribution in [3.8, 4) is 10.6 Å². The zero-order valence-corrected chi connectivity index (χ0v) is 24.2. The van der Waals surface area contributed by atoms with Gasteiger partial charge in [0.15, 0.2) is 5.76 Å². The Morgan fingerprint density at radius 1 is 0.878 bits per heavy atom. The molecule has 1 aromatic heterocycles. The van der Waals surface area contributed by atoms with E-state index in [1.165, 1.54) is 11.3 Å². The lowest BCUT2D eigenvalue weighted by Gasteiger charge is -2.28. The van der Waals surface area contributed by atoms with Crippen LogP contribution in [0.15, 0.2) is 108 Å². The maximum atomic E-state index is 14.3. The van der Waals surface area contributed by atoms with Crippen LogP contribution in [-0.2, 0) is 10.2 Å². The molecule has 5 aromatic rings. The Kier molecular flexibility index (Phi) is 6.59. The highest BCUT2D eigenvalue weighted by molar-refractivity contribution is 7.17. The van der Waals surface area contributed by atoms with Crippen molar-refractivity contribution in [3.63, 3.8) is 0 Å². The summed E-state index contributed by atoms with van der Waals surface area (Å²) in [5, 5.41) is 13.9. The van der Waals surface area contributed by atoms with Crippen molar-refractivity contribution in [2.24, 2.45) is 0 Å². The topological polar surface area (TPSA) is 70.5 Å². The second-order valence-electron chi connectivity index (χ2n) is 11.3. The molecule has 0 saturated carbocycles. The van der Waals surface area contributed by atoms with E-state index in [-0.39, 0.29) is 16.8 Å².